The molecule has 0 aliphatic carbocycles. The summed E-state index contributed by atoms with van der Waals surface area (Å²) >= 11 is 0. The molecule has 1 N–H and O–H groups in total. The summed E-state index contributed by atoms with van der Waals surface area (Å²) in [4.78, 5) is 0. The molecule has 0 unspecified atom stereocenters. The van der Waals surface area contributed by atoms with Crippen molar-refractivity contribution < 1.29 is 9.50 Å². The number of aliphatic hydroxyl groups is 1. The molecule has 0 amide bonds. The van der Waals surface area contributed by atoms with Crippen LogP contribution in [0.2, 0.25) is 0 Å². The van der Waals surface area contributed by atoms with E-state index in [1.54, 1.807) is 18.2 Å². The molecule has 0 aliphatic heterocycles. The third kappa shape index (κ3) is 2.41. The molecule has 0 spiro atoms. The van der Waals surface area contributed by atoms with Gasteiger partial charge in [0.15, 0.2) is 0 Å². The second kappa shape index (κ2) is 5.73. The van der Waals surface area contributed by atoms with E-state index in [-0.39, 0.29) is 12.4 Å². The van der Waals surface area contributed by atoms with E-state index in [9.17, 15) is 9.50 Å². The lowest BCUT2D eigenvalue weighted by Crippen LogP contribution is -2.06. The number of nitrogens with zero attached hydrogens (tertiary/aromatic N) is 3. The van der Waals surface area contributed by atoms with E-state index >= 15 is 0 Å². The van der Waals surface area contributed by atoms with E-state index in [0.29, 0.717) is 11.4 Å². The molecule has 0 atom stereocenters. The molecule has 0 bridgehead atoms. The Labute approximate surface area is 105 Å². The van der Waals surface area contributed by atoms with Crippen LogP contribution < -0.4 is 0 Å². The first kappa shape index (κ1) is 12.7. The topological polar surface area (TPSA) is 50.9 Å². The van der Waals surface area contributed by atoms with Gasteiger partial charge < -0.3 is 5.11 Å². The minimum atomic E-state index is -0.343. The largest absolute Gasteiger partial charge is 0.390 e. The highest BCUT2D eigenvalue weighted by Gasteiger charge is 2.15. The van der Waals surface area contributed by atoms with Gasteiger partial charge in [0, 0.05) is 0 Å². The molecule has 0 aliphatic rings. The van der Waals surface area contributed by atoms with Crippen molar-refractivity contribution in [1.82, 2.24) is 15.0 Å². The highest BCUT2D eigenvalue weighted by atomic mass is 19.1. The molecule has 1 aromatic heterocycles. The molecule has 18 heavy (non-hydrogen) atoms. The van der Waals surface area contributed by atoms with Crippen molar-refractivity contribution in [3.8, 4) is 5.69 Å². The zero-order chi connectivity index (χ0) is 13.0. The van der Waals surface area contributed by atoms with Crippen molar-refractivity contribution in [1.29, 1.82) is 0 Å². The summed E-state index contributed by atoms with van der Waals surface area (Å²) < 4.78 is 15.2. The maximum atomic E-state index is 13.7. The predicted molar refractivity (Wildman–Crippen MR) is 65.9 cm³/mol. The van der Waals surface area contributed by atoms with Gasteiger partial charge in [0.05, 0.1) is 12.3 Å². The number of halogens is 1. The summed E-state index contributed by atoms with van der Waals surface area (Å²) in [6.45, 7) is 1.91. The van der Waals surface area contributed by atoms with Gasteiger partial charge in [-0.1, -0.05) is 30.7 Å². The zero-order valence-electron chi connectivity index (χ0n) is 10.3. The van der Waals surface area contributed by atoms with Crippen molar-refractivity contribution >= 4 is 0 Å². The van der Waals surface area contributed by atoms with Crippen molar-refractivity contribution in [3.05, 3.63) is 41.5 Å². The molecule has 1 aromatic carbocycles. The standard InChI is InChI=1S/C13H16FN3O/c1-2-3-7-13-11(9-18)15-16-17(13)12-8-5-4-6-10(12)14/h4-6,8,18H,2-3,7,9H2,1H3. The molecule has 2 rings (SSSR count). The SMILES string of the molecule is CCCCc1c(CO)nnn1-c1ccccc1F. The molecular formula is C13H16FN3O. The zero-order valence-corrected chi connectivity index (χ0v) is 10.3. The van der Waals surface area contributed by atoms with Crippen LogP contribution in [0.15, 0.2) is 24.3 Å². The average Bonchev–Trinajstić information content (AvgIpc) is 2.79. The van der Waals surface area contributed by atoms with E-state index < -0.39 is 0 Å². The fourth-order valence-electron chi connectivity index (χ4n) is 1.87. The quantitative estimate of drug-likeness (QED) is 0.884. The van der Waals surface area contributed by atoms with Crippen molar-refractivity contribution in [3.63, 3.8) is 0 Å². The Kier molecular flexibility index (Phi) is 4.04. The average molecular weight is 249 g/mol. The number of hydrogen-bond donors (Lipinski definition) is 1. The summed E-state index contributed by atoms with van der Waals surface area (Å²) in [5.41, 5.74) is 1.67. The first-order valence-electron chi connectivity index (χ1n) is 6.07. The smallest absolute Gasteiger partial charge is 0.148 e. The summed E-state index contributed by atoms with van der Waals surface area (Å²) in [5.74, 6) is -0.343. The Bertz CT molecular complexity index is 525. The van der Waals surface area contributed by atoms with Gasteiger partial charge in [-0.25, -0.2) is 9.07 Å². The Morgan fingerprint density at radius 1 is 1.33 bits per heavy atom. The van der Waals surface area contributed by atoms with Gasteiger partial charge in [0.1, 0.15) is 17.2 Å². The predicted octanol–water partition coefficient (Wildman–Crippen LogP) is 2.24. The molecular weight excluding hydrogens is 233 g/mol. The summed E-state index contributed by atoms with van der Waals surface area (Å²) in [6, 6.07) is 6.43. The third-order valence-electron chi connectivity index (χ3n) is 2.84. The number of para-hydroxylation sites is 1. The normalized spacial score (nSPS) is 10.8. The number of rotatable bonds is 5. The van der Waals surface area contributed by atoms with Crippen molar-refractivity contribution in [2.24, 2.45) is 0 Å². The third-order valence-corrected chi connectivity index (χ3v) is 2.84. The highest BCUT2D eigenvalue weighted by molar-refractivity contribution is 5.34. The molecule has 0 saturated heterocycles. The van der Waals surface area contributed by atoms with Crippen LogP contribution in [-0.2, 0) is 13.0 Å². The van der Waals surface area contributed by atoms with Crippen LogP contribution in [0.1, 0.15) is 31.2 Å². The van der Waals surface area contributed by atoms with Gasteiger partial charge in [-0.15, -0.1) is 5.10 Å². The molecule has 0 radical (unpaired) electrons. The second-order valence-corrected chi connectivity index (χ2v) is 4.11. The number of unbranched alkanes of at least 4 members (excludes halogenated alkanes) is 1. The van der Waals surface area contributed by atoms with E-state index in [0.717, 1.165) is 25.0 Å². The van der Waals surface area contributed by atoms with Gasteiger partial charge in [0.2, 0.25) is 0 Å². The fraction of sp³-hybridized carbons (Fsp3) is 0.385. The maximum absolute atomic E-state index is 13.7. The summed E-state index contributed by atoms with van der Waals surface area (Å²) in [6.07, 6.45) is 2.70. The van der Waals surface area contributed by atoms with Gasteiger partial charge in [-0.2, -0.15) is 0 Å². The highest BCUT2D eigenvalue weighted by Crippen LogP contribution is 2.18. The Morgan fingerprint density at radius 2 is 2.11 bits per heavy atom. The molecule has 1 heterocycles. The minimum absolute atomic E-state index is 0.173. The van der Waals surface area contributed by atoms with Crippen LogP contribution in [0.5, 0.6) is 0 Å². The molecule has 0 fully saturated rings. The van der Waals surface area contributed by atoms with Crippen LogP contribution in [0.3, 0.4) is 0 Å². The lowest BCUT2D eigenvalue weighted by Gasteiger charge is -2.07. The van der Waals surface area contributed by atoms with Crippen molar-refractivity contribution in [2.45, 2.75) is 32.8 Å². The van der Waals surface area contributed by atoms with Crippen LogP contribution in [0.4, 0.5) is 4.39 Å². The number of aliphatic hydroxyl groups excluding tert-OH is 1. The van der Waals surface area contributed by atoms with E-state index in [1.807, 2.05) is 0 Å². The lowest BCUT2D eigenvalue weighted by molar-refractivity contribution is 0.275. The second-order valence-electron chi connectivity index (χ2n) is 4.11. The van der Waals surface area contributed by atoms with Gasteiger partial charge >= 0.3 is 0 Å². The molecule has 2 aromatic rings. The van der Waals surface area contributed by atoms with E-state index in [1.165, 1.54) is 10.7 Å². The molecule has 96 valence electrons. The van der Waals surface area contributed by atoms with Crippen LogP contribution >= 0.6 is 0 Å². The summed E-state index contributed by atoms with van der Waals surface area (Å²) in [7, 11) is 0. The maximum Gasteiger partial charge on any atom is 0.148 e. The molecule has 4 nitrogen and oxygen atoms in total. The Hall–Kier alpha value is -1.75. The lowest BCUT2D eigenvalue weighted by atomic mass is 10.1. The molecule has 5 heteroatoms. The van der Waals surface area contributed by atoms with Crippen molar-refractivity contribution in [2.75, 3.05) is 0 Å². The fourth-order valence-corrected chi connectivity index (χ4v) is 1.87. The van der Waals surface area contributed by atoms with Crippen LogP contribution in [0, 0.1) is 5.82 Å². The number of benzene rings is 1. The van der Waals surface area contributed by atoms with Gasteiger partial charge in [0.25, 0.3) is 0 Å². The first-order valence-corrected chi connectivity index (χ1v) is 6.07. The van der Waals surface area contributed by atoms with Crippen LogP contribution in [-0.4, -0.2) is 20.1 Å². The first-order chi connectivity index (χ1) is 8.77. The number of aromatic nitrogens is 3. The Balaban J connectivity index is 2.44. The van der Waals surface area contributed by atoms with Crippen LogP contribution in [0.25, 0.3) is 5.69 Å². The monoisotopic (exact) mass is 249 g/mol. The van der Waals surface area contributed by atoms with E-state index in [2.05, 4.69) is 17.2 Å². The number of hydrogen-bond acceptors (Lipinski definition) is 3. The van der Waals surface area contributed by atoms with Gasteiger partial charge in [-0.3, -0.25) is 0 Å². The van der Waals surface area contributed by atoms with E-state index in [4.69, 9.17) is 0 Å². The minimum Gasteiger partial charge on any atom is -0.390 e. The summed E-state index contributed by atoms with van der Waals surface area (Å²) in [5, 5.41) is 17.1. The van der Waals surface area contributed by atoms with Gasteiger partial charge in [-0.05, 0) is 25.0 Å². The Morgan fingerprint density at radius 3 is 2.78 bits per heavy atom. The molecule has 0 saturated carbocycles.